The molecule has 0 amide bonds. The molecule has 0 aromatic heterocycles. The fourth-order valence-corrected chi connectivity index (χ4v) is 36.9. The molecule has 0 aromatic carbocycles. The van der Waals surface area contributed by atoms with Gasteiger partial charge in [0.05, 0.1) is 0 Å². The normalized spacial score (nSPS) is 10.5. The van der Waals surface area contributed by atoms with Crippen molar-refractivity contribution in [3.63, 3.8) is 0 Å². The van der Waals surface area contributed by atoms with Gasteiger partial charge in [0.15, 0.2) is 0 Å². The molecule has 5 heteroatoms. The van der Waals surface area contributed by atoms with Gasteiger partial charge in [-0.15, -0.1) is 0 Å². The fraction of sp³-hybridized carbons (Fsp3) is 1.00. The monoisotopic (exact) mass is 1280 g/mol. The zero-order valence-corrected chi connectivity index (χ0v) is 54.2. The van der Waals surface area contributed by atoms with Crippen LogP contribution in [0.25, 0.3) is 0 Å². The Balaban J connectivity index is -0.000000183. The summed E-state index contributed by atoms with van der Waals surface area (Å²) in [4.78, 5) is 0. The Bertz CT molecular complexity index is 405. The van der Waals surface area contributed by atoms with Gasteiger partial charge in [-0.25, -0.2) is 0 Å². The van der Waals surface area contributed by atoms with Crippen LogP contribution in [-0.4, -0.2) is 103 Å². The van der Waals surface area contributed by atoms with E-state index in [2.05, 4.69) is 83.1 Å². The van der Waals surface area contributed by atoms with Gasteiger partial charge in [0.2, 0.25) is 0 Å². The molecule has 0 atom stereocenters. The molecule has 0 bridgehead atoms. The van der Waals surface area contributed by atoms with Crippen LogP contribution in [0.5, 0.6) is 0 Å². The molecular weight excluding hydrogens is 1170 g/mol. The van der Waals surface area contributed by atoms with Crippen molar-refractivity contribution in [2.45, 2.75) is 290 Å². The summed E-state index contributed by atoms with van der Waals surface area (Å²) in [6.07, 6.45) is 35.2. The molecule has 0 N–H and O–H groups in total. The van der Waals surface area contributed by atoms with Crippen molar-refractivity contribution in [3.05, 3.63) is 0 Å². The van der Waals surface area contributed by atoms with E-state index in [-0.39, 0.29) is 63.4 Å². The van der Waals surface area contributed by atoms with Crippen LogP contribution in [0.2, 0.25) is 53.2 Å². The zero-order chi connectivity index (χ0) is 40.7. The Kier molecular flexibility index (Phi) is 88.0. The average molecular weight is 1280 g/mol. The standard InChI is InChI=1S/12C4H9.5Sn/c12*1-3-4-2;;;;;/h12*1,3-4H2,2H3;;;;;. The Morgan fingerprint density at radius 1 is 0.208 bits per heavy atom. The van der Waals surface area contributed by atoms with E-state index in [0.29, 0.717) is 0 Å². The molecule has 0 rings (SSSR count). The minimum atomic E-state index is -0.839. The van der Waals surface area contributed by atoms with Crippen molar-refractivity contribution in [3.8, 4) is 0 Å². The first-order valence-corrected chi connectivity index (χ1v) is 48.9. The van der Waals surface area contributed by atoms with E-state index in [9.17, 15) is 0 Å². The van der Waals surface area contributed by atoms with Gasteiger partial charge < -0.3 is 0 Å². The summed E-state index contributed by atoms with van der Waals surface area (Å²) < 4.78 is 19.8. The van der Waals surface area contributed by atoms with Crippen LogP contribution in [0.3, 0.4) is 0 Å². The van der Waals surface area contributed by atoms with Gasteiger partial charge in [0, 0.05) is 0 Å². The van der Waals surface area contributed by atoms with E-state index < -0.39 is 39.5 Å². The first-order chi connectivity index (χ1) is 25.9. The predicted molar refractivity (Wildman–Crippen MR) is 265 cm³/mol. The third-order valence-corrected chi connectivity index (χ3v) is 39.8. The molecule has 0 aromatic rings. The Labute approximate surface area is 388 Å². The fourth-order valence-electron chi connectivity index (χ4n) is 5.50. The third kappa shape index (κ3) is 77.2. The molecule has 0 spiro atoms. The summed E-state index contributed by atoms with van der Waals surface area (Å²) in [5, 5.41) is 0. The Morgan fingerprint density at radius 3 is 0.453 bits per heavy atom. The molecule has 0 aliphatic carbocycles. The van der Waals surface area contributed by atoms with Crippen molar-refractivity contribution >= 4 is 103 Å². The summed E-state index contributed by atoms with van der Waals surface area (Å²) in [6.45, 7) is 27.7. The van der Waals surface area contributed by atoms with E-state index in [1.165, 1.54) is 154 Å². The number of hydrogen-bond donors (Lipinski definition) is 0. The average Bonchev–Trinajstić information content (AvgIpc) is 3.18. The Hall–Kier alpha value is 3.99. The number of rotatable bonds is 36. The van der Waals surface area contributed by atoms with Gasteiger partial charge in [0.1, 0.15) is 0 Å². The molecule has 0 aliphatic heterocycles. The second-order valence-corrected chi connectivity index (χ2v) is 45.5. The van der Waals surface area contributed by atoms with Crippen LogP contribution >= 0.6 is 0 Å². The predicted octanol–water partition coefficient (Wildman–Crippen LogP) is 19.1. The number of hydrogen-bond acceptors (Lipinski definition) is 0. The number of unbranched alkanes of at least 4 members (excludes halogenated alkanes) is 12. The second kappa shape index (κ2) is 70.5. The molecule has 0 saturated heterocycles. The molecule has 8 radical (unpaired) electrons. The first kappa shape index (κ1) is 66.1. The van der Waals surface area contributed by atoms with Gasteiger partial charge in [0.25, 0.3) is 0 Å². The van der Waals surface area contributed by atoms with E-state index in [1.54, 1.807) is 53.2 Å². The topological polar surface area (TPSA) is 0 Å². The summed E-state index contributed by atoms with van der Waals surface area (Å²) in [7, 11) is 0. The van der Waals surface area contributed by atoms with Gasteiger partial charge >= 0.3 is 393 Å². The molecular formula is C48H108Sn5. The van der Waals surface area contributed by atoms with Gasteiger partial charge in [-0.05, 0) is 0 Å². The molecule has 0 unspecified atom stereocenters. The van der Waals surface area contributed by atoms with Crippen molar-refractivity contribution in [1.82, 2.24) is 0 Å². The van der Waals surface area contributed by atoms with Gasteiger partial charge in [-0.1, -0.05) is 0 Å². The Morgan fingerprint density at radius 2 is 0.340 bits per heavy atom. The molecule has 0 aliphatic rings. The molecule has 0 nitrogen and oxygen atoms in total. The van der Waals surface area contributed by atoms with Crippen LogP contribution in [0.4, 0.5) is 0 Å². The van der Waals surface area contributed by atoms with Crippen LogP contribution < -0.4 is 0 Å². The minimum absolute atomic E-state index is 0.149. The van der Waals surface area contributed by atoms with Crippen molar-refractivity contribution in [1.29, 1.82) is 0 Å². The third-order valence-electron chi connectivity index (χ3n) is 9.55. The van der Waals surface area contributed by atoms with E-state index >= 15 is 0 Å². The van der Waals surface area contributed by atoms with E-state index in [1.807, 2.05) is 0 Å². The van der Waals surface area contributed by atoms with Crippen molar-refractivity contribution < 1.29 is 0 Å². The molecule has 320 valence electrons. The van der Waals surface area contributed by atoms with E-state index in [0.717, 1.165) is 0 Å². The quantitative estimate of drug-likeness (QED) is 0.0433. The summed E-state index contributed by atoms with van der Waals surface area (Å²) in [5.74, 6) is 0. The van der Waals surface area contributed by atoms with Crippen LogP contribution in [0.15, 0.2) is 0 Å². The van der Waals surface area contributed by atoms with Crippen LogP contribution in [-0.2, 0) is 0 Å². The van der Waals surface area contributed by atoms with Gasteiger partial charge in [-0.3, -0.25) is 0 Å². The second-order valence-electron chi connectivity index (χ2n) is 15.5. The van der Waals surface area contributed by atoms with Crippen molar-refractivity contribution in [2.24, 2.45) is 0 Å². The van der Waals surface area contributed by atoms with Crippen LogP contribution in [0, 0.1) is 0 Å². The maximum absolute atomic E-state index is 2.33. The summed E-state index contributed by atoms with van der Waals surface area (Å²) in [6, 6.07) is 0. The molecule has 0 fully saturated rings. The summed E-state index contributed by atoms with van der Waals surface area (Å²) >= 11 is -1.23. The summed E-state index contributed by atoms with van der Waals surface area (Å²) in [5.41, 5.74) is 0. The molecule has 53 heavy (non-hydrogen) atoms. The zero-order valence-electron chi connectivity index (χ0n) is 40.0. The molecule has 0 heterocycles. The van der Waals surface area contributed by atoms with Gasteiger partial charge in [-0.2, -0.15) is 0 Å². The molecule has 0 saturated carbocycles. The van der Waals surface area contributed by atoms with Crippen molar-refractivity contribution in [2.75, 3.05) is 0 Å². The first-order valence-electron chi connectivity index (χ1n) is 24.7. The van der Waals surface area contributed by atoms with E-state index in [4.69, 9.17) is 0 Å². The SMILES string of the molecule is CCC[CH2][Sn]([CH2]CCC)[CH2]CCC.CCC[CH2][Sn]([CH2]CCC)[CH2]CCC.CCC[CH2][Sn][CH2]CCC.CCC[CH2][Sn][CH2]CCC.CCC[CH2][Sn][CH2]CCC. The maximum atomic E-state index is 2.33. The van der Waals surface area contributed by atoms with Crippen LogP contribution in [0.1, 0.15) is 237 Å².